The SMILES string of the molecule is Cc1ccc(Cl)cc1N1C(=O)C(Cl)=C(Nc2cccc(C(=O)NC3CCCCC3)c2)C1=O. The first kappa shape index (κ1) is 22.4. The van der Waals surface area contributed by atoms with E-state index in [-0.39, 0.29) is 22.7 Å². The molecule has 2 aromatic rings. The van der Waals surface area contributed by atoms with E-state index in [2.05, 4.69) is 10.6 Å². The number of rotatable bonds is 5. The zero-order chi connectivity index (χ0) is 22.8. The fourth-order valence-electron chi connectivity index (χ4n) is 4.05. The standard InChI is InChI=1S/C24H23Cl2N3O3/c1-14-10-11-16(25)13-19(14)29-23(31)20(26)21(24(29)32)27-18-9-5-6-15(12-18)22(30)28-17-7-3-2-4-8-17/h5-6,9-13,17,27H,2-4,7-8H2,1H3,(H,28,30). The van der Waals surface area contributed by atoms with Crippen LogP contribution in [-0.2, 0) is 9.59 Å². The van der Waals surface area contributed by atoms with Crippen molar-refractivity contribution in [3.63, 3.8) is 0 Å². The lowest BCUT2D eigenvalue weighted by molar-refractivity contribution is -0.120. The minimum Gasteiger partial charge on any atom is -0.350 e. The van der Waals surface area contributed by atoms with E-state index in [4.69, 9.17) is 23.2 Å². The molecule has 0 radical (unpaired) electrons. The molecule has 0 aromatic heterocycles. The molecule has 8 heteroatoms. The molecule has 166 valence electrons. The first-order valence-corrected chi connectivity index (χ1v) is 11.3. The first-order valence-electron chi connectivity index (χ1n) is 10.6. The third-order valence-corrected chi connectivity index (χ3v) is 6.36. The summed E-state index contributed by atoms with van der Waals surface area (Å²) in [5.41, 5.74) is 2.00. The molecule has 3 amide bonds. The van der Waals surface area contributed by atoms with Gasteiger partial charge in [-0.3, -0.25) is 14.4 Å². The molecule has 0 saturated heterocycles. The van der Waals surface area contributed by atoms with Crippen molar-refractivity contribution in [2.24, 2.45) is 0 Å². The van der Waals surface area contributed by atoms with Crippen LogP contribution < -0.4 is 15.5 Å². The maximum atomic E-state index is 13.1. The highest BCUT2D eigenvalue weighted by Crippen LogP contribution is 2.33. The zero-order valence-electron chi connectivity index (χ0n) is 17.6. The first-order chi connectivity index (χ1) is 15.3. The van der Waals surface area contributed by atoms with Crippen LogP contribution in [-0.4, -0.2) is 23.8 Å². The molecule has 6 nitrogen and oxygen atoms in total. The average molecular weight is 472 g/mol. The summed E-state index contributed by atoms with van der Waals surface area (Å²) >= 11 is 12.3. The van der Waals surface area contributed by atoms with Crippen LogP contribution in [0.2, 0.25) is 5.02 Å². The summed E-state index contributed by atoms with van der Waals surface area (Å²) in [5, 5.41) is 6.19. The van der Waals surface area contributed by atoms with Gasteiger partial charge in [-0.25, -0.2) is 4.90 Å². The summed E-state index contributed by atoms with van der Waals surface area (Å²) in [7, 11) is 0. The summed E-state index contributed by atoms with van der Waals surface area (Å²) < 4.78 is 0. The number of hydrogen-bond acceptors (Lipinski definition) is 4. The third kappa shape index (κ3) is 4.52. The van der Waals surface area contributed by atoms with Gasteiger partial charge in [-0.2, -0.15) is 0 Å². The Morgan fingerprint density at radius 2 is 1.75 bits per heavy atom. The summed E-state index contributed by atoms with van der Waals surface area (Å²) in [4.78, 5) is 39.5. The molecule has 0 unspecified atom stereocenters. The molecular weight excluding hydrogens is 449 g/mol. The van der Waals surface area contributed by atoms with Gasteiger partial charge in [0.05, 0.1) is 5.69 Å². The Hall–Kier alpha value is -2.83. The van der Waals surface area contributed by atoms with Crippen LogP contribution >= 0.6 is 23.2 Å². The Bertz CT molecular complexity index is 1120. The molecule has 4 rings (SSSR count). The smallest absolute Gasteiger partial charge is 0.283 e. The fraction of sp³-hybridized carbons (Fsp3) is 0.292. The van der Waals surface area contributed by atoms with Gasteiger partial charge >= 0.3 is 0 Å². The molecule has 32 heavy (non-hydrogen) atoms. The topological polar surface area (TPSA) is 78.5 Å². The lowest BCUT2D eigenvalue weighted by Gasteiger charge is -2.22. The highest BCUT2D eigenvalue weighted by molar-refractivity contribution is 6.53. The second-order valence-electron chi connectivity index (χ2n) is 8.08. The van der Waals surface area contributed by atoms with Gasteiger partial charge in [0, 0.05) is 22.3 Å². The van der Waals surface area contributed by atoms with Crippen LogP contribution in [0.5, 0.6) is 0 Å². The van der Waals surface area contributed by atoms with Gasteiger partial charge in [-0.05, 0) is 55.7 Å². The lowest BCUT2D eigenvalue weighted by Crippen LogP contribution is -2.36. The second-order valence-corrected chi connectivity index (χ2v) is 8.89. The molecule has 0 bridgehead atoms. The van der Waals surface area contributed by atoms with Gasteiger partial charge in [-0.15, -0.1) is 0 Å². The van der Waals surface area contributed by atoms with Crippen molar-refractivity contribution in [2.75, 3.05) is 10.2 Å². The van der Waals surface area contributed by atoms with Gasteiger partial charge < -0.3 is 10.6 Å². The molecule has 2 aromatic carbocycles. The highest BCUT2D eigenvalue weighted by Gasteiger charge is 2.39. The Morgan fingerprint density at radius 3 is 2.50 bits per heavy atom. The predicted molar refractivity (Wildman–Crippen MR) is 126 cm³/mol. The van der Waals surface area contributed by atoms with Gasteiger partial charge in [-0.1, -0.05) is 54.6 Å². The summed E-state index contributed by atoms with van der Waals surface area (Å²) in [6.45, 7) is 1.78. The van der Waals surface area contributed by atoms with Crippen molar-refractivity contribution in [3.8, 4) is 0 Å². The van der Waals surface area contributed by atoms with Gasteiger partial charge in [0.25, 0.3) is 17.7 Å². The van der Waals surface area contributed by atoms with E-state index in [1.807, 2.05) is 0 Å². The molecule has 2 aliphatic rings. The minimum atomic E-state index is -0.629. The van der Waals surface area contributed by atoms with Crippen LogP contribution in [0.15, 0.2) is 53.2 Å². The van der Waals surface area contributed by atoms with E-state index < -0.39 is 11.8 Å². The zero-order valence-corrected chi connectivity index (χ0v) is 19.1. The molecule has 1 fully saturated rings. The number of carbonyl (C=O) groups is 3. The second kappa shape index (κ2) is 9.35. The number of amides is 3. The number of hydrogen-bond donors (Lipinski definition) is 2. The Morgan fingerprint density at radius 1 is 1.00 bits per heavy atom. The fourth-order valence-corrected chi connectivity index (χ4v) is 4.43. The number of benzene rings is 2. The van der Waals surface area contributed by atoms with Crippen molar-refractivity contribution in [1.29, 1.82) is 0 Å². The normalized spacial score (nSPS) is 17.2. The molecule has 1 aliphatic carbocycles. The summed E-state index contributed by atoms with van der Waals surface area (Å²) in [6, 6.07) is 11.9. The Labute approximate surface area is 196 Å². The van der Waals surface area contributed by atoms with Crippen LogP contribution in [0.1, 0.15) is 48.0 Å². The van der Waals surface area contributed by atoms with E-state index in [0.29, 0.717) is 27.5 Å². The minimum absolute atomic E-state index is 0.0409. The van der Waals surface area contributed by atoms with Crippen molar-refractivity contribution in [1.82, 2.24) is 5.32 Å². The van der Waals surface area contributed by atoms with Gasteiger partial charge in [0.15, 0.2) is 0 Å². The largest absolute Gasteiger partial charge is 0.350 e. The number of halogens is 2. The number of nitrogens with zero attached hydrogens (tertiary/aromatic N) is 1. The number of imide groups is 1. The Balaban J connectivity index is 1.53. The molecule has 2 N–H and O–H groups in total. The number of anilines is 2. The maximum Gasteiger partial charge on any atom is 0.283 e. The van der Waals surface area contributed by atoms with Crippen LogP contribution in [0.4, 0.5) is 11.4 Å². The van der Waals surface area contributed by atoms with Crippen LogP contribution in [0.3, 0.4) is 0 Å². The monoisotopic (exact) mass is 471 g/mol. The third-order valence-electron chi connectivity index (χ3n) is 5.77. The summed E-state index contributed by atoms with van der Waals surface area (Å²) in [6.07, 6.45) is 5.43. The van der Waals surface area contributed by atoms with E-state index >= 15 is 0 Å². The van der Waals surface area contributed by atoms with E-state index in [1.54, 1.807) is 49.4 Å². The average Bonchev–Trinajstić information content (AvgIpc) is 2.99. The van der Waals surface area contributed by atoms with E-state index in [9.17, 15) is 14.4 Å². The number of carbonyl (C=O) groups excluding carboxylic acids is 3. The van der Waals surface area contributed by atoms with Crippen molar-refractivity contribution >= 4 is 52.3 Å². The number of nitrogens with one attached hydrogen (secondary N) is 2. The van der Waals surface area contributed by atoms with Gasteiger partial charge in [0.1, 0.15) is 10.7 Å². The molecule has 0 atom stereocenters. The Kier molecular flexibility index (Phi) is 6.53. The molecule has 1 aliphatic heterocycles. The van der Waals surface area contributed by atoms with Crippen molar-refractivity contribution in [3.05, 3.63) is 69.3 Å². The van der Waals surface area contributed by atoms with Crippen LogP contribution in [0.25, 0.3) is 0 Å². The summed E-state index contributed by atoms with van der Waals surface area (Å²) in [5.74, 6) is -1.37. The van der Waals surface area contributed by atoms with Crippen molar-refractivity contribution < 1.29 is 14.4 Å². The lowest BCUT2D eigenvalue weighted by atomic mass is 9.95. The maximum absolute atomic E-state index is 13.1. The molecule has 1 heterocycles. The van der Waals surface area contributed by atoms with E-state index in [0.717, 1.165) is 30.6 Å². The van der Waals surface area contributed by atoms with Crippen LogP contribution in [0, 0.1) is 6.92 Å². The van der Waals surface area contributed by atoms with E-state index in [1.165, 1.54) is 6.42 Å². The molecule has 0 spiro atoms. The van der Waals surface area contributed by atoms with Gasteiger partial charge in [0.2, 0.25) is 0 Å². The van der Waals surface area contributed by atoms with Crippen molar-refractivity contribution in [2.45, 2.75) is 45.1 Å². The molecule has 1 saturated carbocycles. The molecular formula is C24H23Cl2N3O3. The highest BCUT2D eigenvalue weighted by atomic mass is 35.5. The predicted octanol–water partition coefficient (Wildman–Crippen LogP) is 5.15. The quantitative estimate of drug-likeness (QED) is 0.591. The number of aryl methyl sites for hydroxylation is 1.